The molecule has 2 aromatic rings. The van der Waals surface area contributed by atoms with Gasteiger partial charge in [-0.3, -0.25) is 0 Å². The van der Waals surface area contributed by atoms with Crippen molar-refractivity contribution in [3.8, 4) is 0 Å². The lowest BCUT2D eigenvalue weighted by Gasteiger charge is -2.14. The number of nitrogens with one attached hydrogen (secondary N) is 1. The summed E-state index contributed by atoms with van der Waals surface area (Å²) in [7, 11) is -3.50. The molecule has 1 atom stereocenters. The molecule has 0 aromatic carbocycles. The van der Waals surface area contributed by atoms with E-state index in [2.05, 4.69) is 4.72 Å². The number of aliphatic hydroxyl groups is 1. The van der Waals surface area contributed by atoms with Crippen molar-refractivity contribution in [2.24, 2.45) is 0 Å². The van der Waals surface area contributed by atoms with Crippen molar-refractivity contribution in [3.63, 3.8) is 0 Å². The molecule has 0 saturated heterocycles. The predicted molar refractivity (Wildman–Crippen MR) is 82.8 cm³/mol. The molecular formula is C13H17NO3S3. The Hall–Kier alpha value is -0.730. The Kier molecular flexibility index (Phi) is 5.34. The molecule has 0 amide bonds. The lowest BCUT2D eigenvalue weighted by atomic mass is 10.2. The molecule has 2 heterocycles. The van der Waals surface area contributed by atoms with Crippen LogP contribution in [0.5, 0.6) is 0 Å². The highest BCUT2D eigenvalue weighted by Gasteiger charge is 2.22. The Morgan fingerprint density at radius 2 is 2.15 bits per heavy atom. The first kappa shape index (κ1) is 15.7. The van der Waals surface area contributed by atoms with Gasteiger partial charge in [-0.15, -0.1) is 22.7 Å². The number of hydrogen-bond donors (Lipinski definition) is 2. The maximum atomic E-state index is 12.4. The van der Waals surface area contributed by atoms with Crippen LogP contribution in [0.1, 0.15) is 29.1 Å². The second kappa shape index (κ2) is 6.82. The van der Waals surface area contributed by atoms with Crippen LogP contribution < -0.4 is 4.72 Å². The van der Waals surface area contributed by atoms with Crippen molar-refractivity contribution < 1.29 is 13.5 Å². The number of sulfonamides is 1. The van der Waals surface area contributed by atoms with Gasteiger partial charge in [-0.1, -0.05) is 13.0 Å². The number of aliphatic hydroxyl groups excluding tert-OH is 1. The van der Waals surface area contributed by atoms with E-state index < -0.39 is 10.0 Å². The molecule has 4 nitrogen and oxygen atoms in total. The summed E-state index contributed by atoms with van der Waals surface area (Å²) < 4.78 is 27.8. The Bertz CT molecular complexity index is 632. The molecule has 0 fully saturated rings. The van der Waals surface area contributed by atoms with Gasteiger partial charge in [0.25, 0.3) is 10.0 Å². The average molecular weight is 331 g/mol. The monoisotopic (exact) mass is 331 g/mol. The summed E-state index contributed by atoms with van der Waals surface area (Å²) in [5.41, 5.74) is 0. The molecule has 0 spiro atoms. The molecule has 1 unspecified atom stereocenters. The van der Waals surface area contributed by atoms with Gasteiger partial charge < -0.3 is 5.11 Å². The molecule has 2 N–H and O–H groups in total. The Labute approximate surface area is 127 Å². The Morgan fingerprint density at radius 1 is 1.35 bits per heavy atom. The molecule has 2 rings (SSSR count). The highest BCUT2D eigenvalue weighted by atomic mass is 32.2. The SMILES string of the molecule is CCC(NS(=O)(=O)c1ccc(CCO)s1)c1cccs1. The molecule has 0 aliphatic carbocycles. The van der Waals surface area contributed by atoms with E-state index in [4.69, 9.17) is 5.11 Å². The summed E-state index contributed by atoms with van der Waals surface area (Å²) >= 11 is 2.76. The largest absolute Gasteiger partial charge is 0.396 e. The van der Waals surface area contributed by atoms with E-state index in [9.17, 15) is 8.42 Å². The van der Waals surface area contributed by atoms with E-state index in [0.717, 1.165) is 9.75 Å². The molecule has 0 bridgehead atoms. The fourth-order valence-electron chi connectivity index (χ4n) is 1.82. The first-order valence-electron chi connectivity index (χ1n) is 6.32. The van der Waals surface area contributed by atoms with Crippen LogP contribution in [0.2, 0.25) is 0 Å². The highest BCUT2D eigenvalue weighted by molar-refractivity contribution is 7.91. The number of rotatable bonds is 7. The minimum atomic E-state index is -3.50. The summed E-state index contributed by atoms with van der Waals surface area (Å²) in [4.78, 5) is 1.89. The summed E-state index contributed by atoms with van der Waals surface area (Å²) in [6.45, 7) is 1.98. The summed E-state index contributed by atoms with van der Waals surface area (Å²) in [6.07, 6.45) is 1.19. The van der Waals surface area contributed by atoms with Crippen molar-refractivity contribution in [2.45, 2.75) is 30.0 Å². The molecule has 0 saturated carbocycles. The summed E-state index contributed by atoms with van der Waals surface area (Å²) in [5.74, 6) is 0. The van der Waals surface area contributed by atoms with Crippen molar-refractivity contribution in [3.05, 3.63) is 39.4 Å². The summed E-state index contributed by atoms with van der Waals surface area (Å²) in [5, 5.41) is 10.8. The van der Waals surface area contributed by atoms with Gasteiger partial charge in [0.05, 0.1) is 6.04 Å². The van der Waals surface area contributed by atoms with Crippen LogP contribution >= 0.6 is 22.7 Å². The maximum Gasteiger partial charge on any atom is 0.250 e. The first-order valence-corrected chi connectivity index (χ1v) is 9.50. The van der Waals surface area contributed by atoms with Gasteiger partial charge in [0.1, 0.15) is 4.21 Å². The fourth-order valence-corrected chi connectivity index (χ4v) is 5.42. The Morgan fingerprint density at radius 3 is 2.75 bits per heavy atom. The van der Waals surface area contributed by atoms with Gasteiger partial charge in [-0.05, 0) is 30.0 Å². The smallest absolute Gasteiger partial charge is 0.250 e. The lowest BCUT2D eigenvalue weighted by molar-refractivity contribution is 0.300. The van der Waals surface area contributed by atoms with E-state index in [-0.39, 0.29) is 12.6 Å². The molecule has 0 radical (unpaired) electrons. The minimum Gasteiger partial charge on any atom is -0.396 e. The molecular weight excluding hydrogens is 314 g/mol. The Balaban J connectivity index is 2.17. The third kappa shape index (κ3) is 3.67. The molecule has 0 aliphatic heterocycles. The van der Waals surface area contributed by atoms with Gasteiger partial charge in [0, 0.05) is 22.8 Å². The van der Waals surface area contributed by atoms with Gasteiger partial charge in [-0.2, -0.15) is 0 Å². The van der Waals surface area contributed by atoms with Crippen LogP contribution in [0.3, 0.4) is 0 Å². The first-order chi connectivity index (χ1) is 9.56. The van der Waals surface area contributed by atoms with E-state index >= 15 is 0 Å². The van der Waals surface area contributed by atoms with Crippen LogP contribution in [-0.2, 0) is 16.4 Å². The molecule has 20 heavy (non-hydrogen) atoms. The lowest BCUT2D eigenvalue weighted by Crippen LogP contribution is -2.27. The van der Waals surface area contributed by atoms with Crippen LogP contribution in [0.25, 0.3) is 0 Å². The molecule has 2 aromatic heterocycles. The zero-order chi connectivity index (χ0) is 14.6. The highest BCUT2D eigenvalue weighted by Crippen LogP contribution is 2.27. The van der Waals surface area contributed by atoms with Crippen molar-refractivity contribution in [1.82, 2.24) is 4.72 Å². The summed E-state index contributed by atoms with van der Waals surface area (Å²) in [6, 6.07) is 7.01. The van der Waals surface area contributed by atoms with Crippen LogP contribution in [0.4, 0.5) is 0 Å². The van der Waals surface area contributed by atoms with E-state index in [1.807, 2.05) is 24.4 Å². The number of hydrogen-bond acceptors (Lipinski definition) is 5. The molecule has 0 aliphatic rings. The normalized spacial score (nSPS) is 13.5. The van der Waals surface area contributed by atoms with E-state index in [1.165, 1.54) is 11.3 Å². The third-order valence-electron chi connectivity index (χ3n) is 2.85. The van der Waals surface area contributed by atoms with Crippen molar-refractivity contribution >= 4 is 32.7 Å². The average Bonchev–Trinajstić information content (AvgIpc) is 3.07. The second-order valence-corrected chi connectivity index (χ2v) is 8.38. The fraction of sp³-hybridized carbons (Fsp3) is 0.385. The topological polar surface area (TPSA) is 66.4 Å². The maximum absolute atomic E-state index is 12.4. The second-order valence-electron chi connectivity index (χ2n) is 4.29. The molecule has 7 heteroatoms. The zero-order valence-corrected chi connectivity index (χ0v) is 13.5. The molecule has 110 valence electrons. The van der Waals surface area contributed by atoms with Crippen molar-refractivity contribution in [1.29, 1.82) is 0 Å². The zero-order valence-electron chi connectivity index (χ0n) is 11.1. The quantitative estimate of drug-likeness (QED) is 0.820. The van der Waals surface area contributed by atoms with E-state index in [1.54, 1.807) is 23.5 Å². The van der Waals surface area contributed by atoms with Crippen molar-refractivity contribution in [2.75, 3.05) is 6.61 Å². The minimum absolute atomic E-state index is 0.0280. The van der Waals surface area contributed by atoms with Gasteiger partial charge in [-0.25, -0.2) is 13.1 Å². The predicted octanol–water partition coefficient (Wildman–Crippen LogP) is 2.77. The van der Waals surface area contributed by atoms with Crippen LogP contribution in [0.15, 0.2) is 33.9 Å². The van der Waals surface area contributed by atoms with Crippen LogP contribution in [0, 0.1) is 0 Å². The standard InChI is InChI=1S/C13H17NO3S3/c1-2-11(12-4-3-9-18-12)14-20(16,17)13-6-5-10(19-13)7-8-15/h3-6,9,11,14-15H,2,7-8H2,1H3. The number of thiophene rings is 2. The van der Waals surface area contributed by atoms with Gasteiger partial charge in [0.2, 0.25) is 0 Å². The van der Waals surface area contributed by atoms with Crippen LogP contribution in [-0.4, -0.2) is 20.1 Å². The van der Waals surface area contributed by atoms with E-state index in [0.29, 0.717) is 17.1 Å². The van der Waals surface area contributed by atoms with Gasteiger partial charge in [0.15, 0.2) is 0 Å². The third-order valence-corrected chi connectivity index (χ3v) is 6.95. The van der Waals surface area contributed by atoms with Gasteiger partial charge >= 0.3 is 0 Å².